The Bertz CT molecular complexity index is 1430. The van der Waals surface area contributed by atoms with E-state index in [2.05, 4.69) is 69.4 Å². The highest BCUT2D eigenvalue weighted by Gasteiger charge is 2.19. The molecule has 0 aliphatic heterocycles. The average Bonchev–Trinajstić information content (AvgIpc) is 3.49. The zero-order valence-corrected chi connectivity index (χ0v) is 56.0. The second-order valence-electron chi connectivity index (χ2n) is 25.2. The van der Waals surface area contributed by atoms with E-state index in [0.717, 1.165) is 77.0 Å². The fourth-order valence-electron chi connectivity index (χ4n) is 11.2. The number of rotatable bonds is 69. The van der Waals surface area contributed by atoms with Crippen molar-refractivity contribution >= 4 is 17.9 Å². The molecule has 83 heavy (non-hydrogen) atoms. The minimum absolute atomic E-state index is 0.0749. The molecule has 0 radical (unpaired) electrons. The van der Waals surface area contributed by atoms with Gasteiger partial charge in [-0.15, -0.1) is 0 Å². The maximum absolute atomic E-state index is 12.9. The van der Waals surface area contributed by atoms with E-state index in [0.29, 0.717) is 19.3 Å². The lowest BCUT2D eigenvalue weighted by atomic mass is 10.0. The summed E-state index contributed by atoms with van der Waals surface area (Å²) in [6.45, 7) is 6.66. The van der Waals surface area contributed by atoms with Gasteiger partial charge in [-0.2, -0.15) is 0 Å². The van der Waals surface area contributed by atoms with Gasteiger partial charge >= 0.3 is 17.9 Å². The lowest BCUT2D eigenvalue weighted by Gasteiger charge is -2.18. The zero-order chi connectivity index (χ0) is 59.9. The highest BCUT2D eigenvalue weighted by molar-refractivity contribution is 5.71. The Hall–Kier alpha value is -2.63. The summed E-state index contributed by atoms with van der Waals surface area (Å²) in [5, 5.41) is 0. The van der Waals surface area contributed by atoms with Crippen molar-refractivity contribution < 1.29 is 28.6 Å². The topological polar surface area (TPSA) is 78.9 Å². The second-order valence-corrected chi connectivity index (χ2v) is 25.2. The first-order chi connectivity index (χ1) is 41.0. The largest absolute Gasteiger partial charge is 0.462 e. The summed E-state index contributed by atoms with van der Waals surface area (Å²) in [5.41, 5.74) is 0. The van der Waals surface area contributed by atoms with Crippen molar-refractivity contribution in [3.8, 4) is 0 Å². The lowest BCUT2D eigenvalue weighted by Crippen LogP contribution is -2.30. The van der Waals surface area contributed by atoms with Crippen LogP contribution in [-0.4, -0.2) is 37.2 Å². The van der Waals surface area contributed by atoms with Crippen LogP contribution in [0.4, 0.5) is 0 Å². The Morgan fingerprint density at radius 3 is 0.687 bits per heavy atom. The molecule has 0 spiro atoms. The Kier molecular flexibility index (Phi) is 69.6. The van der Waals surface area contributed by atoms with E-state index in [1.54, 1.807) is 0 Å². The predicted molar refractivity (Wildman–Crippen MR) is 362 cm³/mol. The van der Waals surface area contributed by atoms with Gasteiger partial charge in [-0.25, -0.2) is 0 Å². The van der Waals surface area contributed by atoms with E-state index >= 15 is 0 Å². The molecule has 0 rings (SSSR count). The molecular weight excluding hydrogens is 1020 g/mol. The smallest absolute Gasteiger partial charge is 0.306 e. The predicted octanol–water partition coefficient (Wildman–Crippen LogP) is 25.7. The van der Waals surface area contributed by atoms with E-state index in [9.17, 15) is 14.4 Å². The van der Waals surface area contributed by atoms with E-state index in [1.807, 2.05) is 0 Å². The van der Waals surface area contributed by atoms with Gasteiger partial charge in [-0.3, -0.25) is 14.4 Å². The first-order valence-corrected chi connectivity index (χ1v) is 37.1. The maximum Gasteiger partial charge on any atom is 0.306 e. The van der Waals surface area contributed by atoms with Crippen molar-refractivity contribution in [3.05, 3.63) is 48.6 Å². The molecule has 6 nitrogen and oxygen atoms in total. The van der Waals surface area contributed by atoms with Crippen LogP contribution in [0.3, 0.4) is 0 Å². The molecule has 0 heterocycles. The van der Waals surface area contributed by atoms with Crippen LogP contribution in [0, 0.1) is 0 Å². The Balaban J connectivity index is 4.14. The summed E-state index contributed by atoms with van der Waals surface area (Å²) in [6.07, 6.45) is 91.6. The monoisotopic (exact) mass is 1160 g/mol. The minimum atomic E-state index is -0.780. The number of carbonyl (C=O) groups is 3. The van der Waals surface area contributed by atoms with Gasteiger partial charge < -0.3 is 14.2 Å². The Morgan fingerprint density at radius 2 is 0.434 bits per heavy atom. The number of allylic oxidation sites excluding steroid dienone is 8. The molecule has 0 aromatic rings. The van der Waals surface area contributed by atoms with Crippen molar-refractivity contribution in [2.75, 3.05) is 13.2 Å². The number of hydrogen-bond donors (Lipinski definition) is 0. The van der Waals surface area contributed by atoms with Crippen molar-refractivity contribution in [2.45, 2.75) is 412 Å². The molecule has 0 aliphatic rings. The molecule has 1 unspecified atom stereocenters. The number of hydrogen-bond acceptors (Lipinski definition) is 6. The van der Waals surface area contributed by atoms with E-state index in [-0.39, 0.29) is 31.1 Å². The maximum atomic E-state index is 12.9. The molecule has 0 bridgehead atoms. The van der Waals surface area contributed by atoms with Crippen molar-refractivity contribution in [1.82, 2.24) is 0 Å². The zero-order valence-electron chi connectivity index (χ0n) is 56.0. The molecule has 0 fully saturated rings. The van der Waals surface area contributed by atoms with Crippen molar-refractivity contribution in [2.24, 2.45) is 0 Å². The van der Waals surface area contributed by atoms with Gasteiger partial charge in [0.2, 0.25) is 0 Å². The fourth-order valence-corrected chi connectivity index (χ4v) is 11.2. The molecule has 1 atom stereocenters. The Morgan fingerprint density at radius 1 is 0.241 bits per heavy atom. The molecule has 0 saturated heterocycles. The molecule has 6 heteroatoms. The van der Waals surface area contributed by atoms with Crippen LogP contribution >= 0.6 is 0 Å². The lowest BCUT2D eigenvalue weighted by molar-refractivity contribution is -0.167. The molecule has 0 aromatic carbocycles. The number of esters is 3. The first-order valence-electron chi connectivity index (χ1n) is 37.1. The van der Waals surface area contributed by atoms with Crippen LogP contribution in [-0.2, 0) is 28.6 Å². The summed E-state index contributed by atoms with van der Waals surface area (Å²) in [5.74, 6) is -0.866. The summed E-state index contributed by atoms with van der Waals surface area (Å²) >= 11 is 0. The molecule has 0 aromatic heterocycles. The van der Waals surface area contributed by atoms with Gasteiger partial charge in [-0.1, -0.05) is 333 Å². The van der Waals surface area contributed by atoms with Crippen LogP contribution in [0.2, 0.25) is 0 Å². The van der Waals surface area contributed by atoms with Crippen LogP contribution in [0.5, 0.6) is 0 Å². The molecule has 0 N–H and O–H groups in total. The van der Waals surface area contributed by atoms with E-state index in [4.69, 9.17) is 14.2 Å². The van der Waals surface area contributed by atoms with E-state index < -0.39 is 6.10 Å². The molecular formula is C77H142O6. The molecule has 0 amide bonds. The summed E-state index contributed by atoms with van der Waals surface area (Å²) < 4.78 is 17.0. The van der Waals surface area contributed by atoms with Gasteiger partial charge in [0.15, 0.2) is 6.10 Å². The van der Waals surface area contributed by atoms with Gasteiger partial charge in [0, 0.05) is 19.3 Å². The number of carbonyl (C=O) groups excluding carboxylic acids is 3. The van der Waals surface area contributed by atoms with Gasteiger partial charge in [0.25, 0.3) is 0 Å². The van der Waals surface area contributed by atoms with E-state index in [1.165, 1.54) is 289 Å². The summed E-state index contributed by atoms with van der Waals surface area (Å²) in [6, 6.07) is 0. The van der Waals surface area contributed by atoms with Gasteiger partial charge in [-0.05, 0) is 103 Å². The van der Waals surface area contributed by atoms with Crippen molar-refractivity contribution in [1.29, 1.82) is 0 Å². The standard InChI is InChI=1S/C77H142O6/c1-4-7-10-13-16-19-22-25-28-30-32-33-34-35-36-37-38-39-40-41-42-43-44-45-46-48-49-52-55-58-61-64-67-70-76(79)82-73-74(72-81-75(78)69-66-63-60-57-54-51-27-24-21-18-15-12-9-6-3)83-77(80)71-68-65-62-59-56-53-50-47-31-29-26-23-20-17-14-11-8-5-2/h20,23-24,27,29-32,74H,4-19,21-22,25-26,28,33-73H2,1-3H3/b23-20-,27-24-,31-29-,32-30-. The number of unbranched alkanes of at least 4 members (excludes halogenated alkanes) is 50. The fraction of sp³-hybridized carbons (Fsp3) is 0.857. The quantitative estimate of drug-likeness (QED) is 0.0261. The Labute approximate surface area is 518 Å². The summed E-state index contributed by atoms with van der Waals surface area (Å²) in [4.78, 5) is 38.4. The van der Waals surface area contributed by atoms with Crippen LogP contribution in [0.25, 0.3) is 0 Å². The van der Waals surface area contributed by atoms with Gasteiger partial charge in [0.1, 0.15) is 13.2 Å². The first kappa shape index (κ1) is 80.4. The second kappa shape index (κ2) is 71.8. The highest BCUT2D eigenvalue weighted by atomic mass is 16.6. The normalized spacial score (nSPS) is 12.3. The molecule has 0 aliphatic carbocycles. The third-order valence-electron chi connectivity index (χ3n) is 16.8. The van der Waals surface area contributed by atoms with Crippen LogP contribution < -0.4 is 0 Å². The molecule has 0 saturated carbocycles. The van der Waals surface area contributed by atoms with Crippen LogP contribution in [0.1, 0.15) is 406 Å². The van der Waals surface area contributed by atoms with Gasteiger partial charge in [0.05, 0.1) is 0 Å². The van der Waals surface area contributed by atoms with Crippen LogP contribution in [0.15, 0.2) is 48.6 Å². The molecule has 486 valence electrons. The summed E-state index contributed by atoms with van der Waals surface area (Å²) in [7, 11) is 0. The SMILES string of the molecule is CCCCCC/C=C\C/C=C\CCCCCCCCCC(=O)OC(COC(=O)CCCCCCC/C=C\CCCCCCC)COC(=O)CCCCCCCCCCCCCCCCCCCCCCC/C=C\CCCCCCCCCC. The number of ether oxygens (including phenoxy) is 3. The average molecular weight is 1160 g/mol. The highest BCUT2D eigenvalue weighted by Crippen LogP contribution is 2.18. The van der Waals surface area contributed by atoms with Crippen molar-refractivity contribution in [3.63, 3.8) is 0 Å². The third-order valence-corrected chi connectivity index (χ3v) is 16.8. The minimum Gasteiger partial charge on any atom is -0.462 e. The third kappa shape index (κ3) is 70.0.